The van der Waals surface area contributed by atoms with Gasteiger partial charge in [-0.15, -0.1) is 0 Å². The molecule has 0 amide bonds. The van der Waals surface area contributed by atoms with E-state index in [-0.39, 0.29) is 5.56 Å². The molecule has 0 aliphatic rings. The molecular weight excluding hydrogens is 312 g/mol. The van der Waals surface area contributed by atoms with Crippen LogP contribution in [-0.2, 0) is 19.9 Å². The molecule has 10 heteroatoms. The molecule has 23 heavy (non-hydrogen) atoms. The number of nitrogens with two attached hydrogens (primary N) is 1. The van der Waals surface area contributed by atoms with Gasteiger partial charge in [0.1, 0.15) is 12.0 Å². The molecule has 0 spiro atoms. The first kappa shape index (κ1) is 18.0. The van der Waals surface area contributed by atoms with E-state index < -0.39 is 46.8 Å². The van der Waals surface area contributed by atoms with Crippen molar-refractivity contribution in [1.82, 2.24) is 0 Å². The van der Waals surface area contributed by atoms with E-state index in [1.807, 2.05) is 0 Å². The van der Waals surface area contributed by atoms with Crippen molar-refractivity contribution in [3.05, 3.63) is 46.0 Å². The molecule has 0 aliphatic heterocycles. The summed E-state index contributed by atoms with van der Waals surface area (Å²) in [4.78, 5) is 44.3. The highest BCUT2D eigenvalue weighted by Crippen LogP contribution is 2.36. The number of carbonyl (C=O) groups is 3. The number of nitrogens with zero attached hydrogens (tertiary/aromatic N) is 1. The molecule has 1 aromatic rings. The second-order valence-corrected chi connectivity index (χ2v) is 4.77. The molecule has 2 unspecified atom stereocenters. The van der Waals surface area contributed by atoms with Gasteiger partial charge in [-0.3, -0.25) is 19.7 Å². The van der Waals surface area contributed by atoms with Gasteiger partial charge >= 0.3 is 23.4 Å². The third kappa shape index (κ3) is 3.26. The van der Waals surface area contributed by atoms with Crippen molar-refractivity contribution in [3.8, 4) is 0 Å². The van der Waals surface area contributed by atoms with Gasteiger partial charge in [-0.25, -0.2) is 4.79 Å². The number of aliphatic carboxylic acids is 3. The zero-order chi connectivity index (χ0) is 17.8. The minimum Gasteiger partial charge on any atom is -0.481 e. The molecule has 10 nitrogen and oxygen atoms in total. The van der Waals surface area contributed by atoms with Crippen LogP contribution in [0, 0.1) is 16.0 Å². The zero-order valence-corrected chi connectivity index (χ0v) is 11.7. The SMILES string of the molecule is N[C@@H](CC(C(=O)O)C(C(=O)O)(c1ccccc1)[N+](=O)[O-])C(=O)O. The number of rotatable bonds is 8. The maximum atomic E-state index is 11.7. The summed E-state index contributed by atoms with van der Waals surface area (Å²) in [7, 11) is 0. The van der Waals surface area contributed by atoms with Crippen molar-refractivity contribution in [2.45, 2.75) is 18.0 Å². The van der Waals surface area contributed by atoms with E-state index in [1.165, 1.54) is 18.2 Å². The standard InChI is InChI=1S/C13H14N2O8/c14-9(11(18)19)6-8(10(16)17)13(12(20)21,15(22)23)7-4-2-1-3-5-7/h1-5,8-9H,6,14H2,(H,16,17)(H,18,19)(H,20,21)/t8?,9-,13?/m0/s1. The van der Waals surface area contributed by atoms with Crippen LogP contribution < -0.4 is 5.73 Å². The van der Waals surface area contributed by atoms with Crippen LogP contribution in [0.3, 0.4) is 0 Å². The molecule has 0 heterocycles. The molecule has 5 N–H and O–H groups in total. The number of hydrogen-bond acceptors (Lipinski definition) is 6. The second-order valence-electron chi connectivity index (χ2n) is 4.77. The molecule has 0 fully saturated rings. The summed E-state index contributed by atoms with van der Waals surface area (Å²) < 4.78 is 0. The third-order valence-corrected chi connectivity index (χ3v) is 3.44. The van der Waals surface area contributed by atoms with E-state index in [2.05, 4.69) is 0 Å². The lowest BCUT2D eigenvalue weighted by atomic mass is 9.75. The molecule has 0 radical (unpaired) electrons. The summed E-state index contributed by atoms with van der Waals surface area (Å²) in [5.74, 6) is -7.61. The van der Waals surface area contributed by atoms with Gasteiger partial charge in [0.05, 0.1) is 0 Å². The molecule has 0 saturated heterocycles. The smallest absolute Gasteiger partial charge is 0.388 e. The van der Waals surface area contributed by atoms with Crippen molar-refractivity contribution >= 4 is 17.9 Å². The second kappa shape index (κ2) is 6.83. The molecule has 3 atom stereocenters. The van der Waals surface area contributed by atoms with E-state index in [0.717, 1.165) is 12.1 Å². The van der Waals surface area contributed by atoms with Crippen molar-refractivity contribution < 1.29 is 34.6 Å². The van der Waals surface area contributed by atoms with Crippen LogP contribution in [0.4, 0.5) is 0 Å². The Morgan fingerprint density at radius 3 is 2.00 bits per heavy atom. The average Bonchev–Trinajstić information content (AvgIpc) is 2.46. The fraction of sp³-hybridized carbons (Fsp3) is 0.308. The summed E-state index contributed by atoms with van der Waals surface area (Å²) >= 11 is 0. The molecule has 0 saturated carbocycles. The van der Waals surface area contributed by atoms with Crippen molar-refractivity contribution in [1.29, 1.82) is 0 Å². The Kier molecular flexibility index (Phi) is 5.36. The van der Waals surface area contributed by atoms with E-state index in [4.69, 9.17) is 10.8 Å². The summed E-state index contributed by atoms with van der Waals surface area (Å²) in [6.07, 6.45) is -0.924. The Morgan fingerprint density at radius 2 is 1.65 bits per heavy atom. The monoisotopic (exact) mass is 326 g/mol. The molecule has 124 valence electrons. The highest BCUT2D eigenvalue weighted by Gasteiger charge is 2.63. The minimum absolute atomic E-state index is 0.387. The highest BCUT2D eigenvalue weighted by atomic mass is 16.6. The Morgan fingerprint density at radius 1 is 1.13 bits per heavy atom. The minimum atomic E-state index is -3.06. The van der Waals surface area contributed by atoms with Crippen LogP contribution in [0.5, 0.6) is 0 Å². The molecule has 0 aromatic heterocycles. The summed E-state index contributed by atoms with van der Waals surface area (Å²) in [5.41, 5.74) is 1.81. The normalized spacial score (nSPS) is 15.9. The summed E-state index contributed by atoms with van der Waals surface area (Å²) in [5, 5.41) is 39.0. The first-order chi connectivity index (χ1) is 10.7. The lowest BCUT2D eigenvalue weighted by Gasteiger charge is -2.28. The zero-order valence-electron chi connectivity index (χ0n) is 11.7. The largest absolute Gasteiger partial charge is 0.481 e. The fourth-order valence-corrected chi connectivity index (χ4v) is 2.28. The van der Waals surface area contributed by atoms with E-state index >= 15 is 0 Å². The number of hydrogen-bond donors (Lipinski definition) is 4. The first-order valence-electron chi connectivity index (χ1n) is 6.30. The Hall–Kier alpha value is -3.01. The number of carboxylic acids is 3. The van der Waals surface area contributed by atoms with Gasteiger partial charge < -0.3 is 21.1 Å². The highest BCUT2D eigenvalue weighted by molar-refractivity contribution is 5.87. The van der Waals surface area contributed by atoms with Crippen LogP contribution in [0.25, 0.3) is 0 Å². The lowest BCUT2D eigenvalue weighted by Crippen LogP contribution is -2.54. The van der Waals surface area contributed by atoms with Gasteiger partial charge in [-0.05, 0) is 6.42 Å². The van der Waals surface area contributed by atoms with Gasteiger partial charge in [0.25, 0.3) is 0 Å². The Labute approximate surface area is 129 Å². The van der Waals surface area contributed by atoms with Gasteiger partial charge in [0.2, 0.25) is 0 Å². The maximum Gasteiger partial charge on any atom is 0.388 e. The van der Waals surface area contributed by atoms with E-state index in [0.29, 0.717) is 0 Å². The molecule has 0 bridgehead atoms. The number of nitro groups is 1. The Bertz CT molecular complexity index is 616. The lowest BCUT2D eigenvalue weighted by molar-refractivity contribution is -0.572. The van der Waals surface area contributed by atoms with E-state index in [1.54, 1.807) is 0 Å². The molecule has 1 aromatic carbocycles. The number of benzene rings is 1. The van der Waals surface area contributed by atoms with Gasteiger partial charge in [0.15, 0.2) is 0 Å². The molecule has 0 aliphatic carbocycles. The third-order valence-electron chi connectivity index (χ3n) is 3.44. The van der Waals surface area contributed by atoms with E-state index in [9.17, 15) is 34.7 Å². The van der Waals surface area contributed by atoms with Crippen molar-refractivity contribution in [2.24, 2.45) is 11.7 Å². The van der Waals surface area contributed by atoms with Gasteiger partial charge in [-0.2, -0.15) is 0 Å². The predicted octanol–water partition coefficient (Wildman–Crippen LogP) is -0.254. The maximum absolute atomic E-state index is 11.7. The van der Waals surface area contributed by atoms with Gasteiger partial charge in [-0.1, -0.05) is 30.3 Å². The molecular formula is C13H14N2O8. The van der Waals surface area contributed by atoms with Crippen LogP contribution in [0.2, 0.25) is 0 Å². The predicted molar refractivity (Wildman–Crippen MR) is 74.1 cm³/mol. The van der Waals surface area contributed by atoms with Crippen LogP contribution in [0.15, 0.2) is 30.3 Å². The molecule has 1 rings (SSSR count). The van der Waals surface area contributed by atoms with Crippen LogP contribution in [0.1, 0.15) is 12.0 Å². The summed E-state index contributed by atoms with van der Waals surface area (Å²) in [6, 6.07) is 4.52. The topological polar surface area (TPSA) is 181 Å². The van der Waals surface area contributed by atoms with Crippen LogP contribution in [-0.4, -0.2) is 44.2 Å². The fourth-order valence-electron chi connectivity index (χ4n) is 2.28. The average molecular weight is 326 g/mol. The first-order valence-corrected chi connectivity index (χ1v) is 6.30. The van der Waals surface area contributed by atoms with Crippen LogP contribution >= 0.6 is 0 Å². The Balaban J connectivity index is 3.59. The van der Waals surface area contributed by atoms with Crippen molar-refractivity contribution in [2.75, 3.05) is 0 Å². The quantitative estimate of drug-likeness (QED) is 0.369. The number of carboxylic acid groups (broad SMARTS) is 3. The van der Waals surface area contributed by atoms with Crippen molar-refractivity contribution in [3.63, 3.8) is 0 Å². The van der Waals surface area contributed by atoms with Gasteiger partial charge in [0, 0.05) is 10.5 Å². The summed E-state index contributed by atoms with van der Waals surface area (Å²) in [6.45, 7) is 0.